The van der Waals surface area contributed by atoms with Gasteiger partial charge in [-0.05, 0) is 31.2 Å². The lowest BCUT2D eigenvalue weighted by Crippen LogP contribution is -2.17. The van der Waals surface area contributed by atoms with Crippen LogP contribution in [0.5, 0.6) is 0 Å². The van der Waals surface area contributed by atoms with Gasteiger partial charge in [0.05, 0.1) is 5.56 Å². The van der Waals surface area contributed by atoms with Crippen molar-refractivity contribution in [2.45, 2.75) is 13.3 Å². The molecule has 2 heterocycles. The number of amides is 1. The van der Waals surface area contributed by atoms with E-state index in [1.165, 1.54) is 0 Å². The van der Waals surface area contributed by atoms with Crippen LogP contribution in [0.25, 0.3) is 0 Å². The standard InChI is InChI=1S/C15H15N5O/c1-11-4-2-6-13(19-11)20-14(21)7-9-18-15-12(10-16)5-3-8-17-15/h2-6,8H,7,9H2,1H3,(H,17,18)(H,19,20,21). The summed E-state index contributed by atoms with van der Waals surface area (Å²) >= 11 is 0. The van der Waals surface area contributed by atoms with E-state index in [4.69, 9.17) is 5.26 Å². The van der Waals surface area contributed by atoms with Crippen molar-refractivity contribution in [3.8, 4) is 6.07 Å². The van der Waals surface area contributed by atoms with Crippen LogP contribution in [0.2, 0.25) is 0 Å². The highest BCUT2D eigenvalue weighted by molar-refractivity contribution is 5.90. The van der Waals surface area contributed by atoms with E-state index in [2.05, 4.69) is 20.6 Å². The average molecular weight is 281 g/mol. The van der Waals surface area contributed by atoms with Gasteiger partial charge in [-0.15, -0.1) is 0 Å². The fourth-order valence-electron chi connectivity index (χ4n) is 1.75. The normalized spacial score (nSPS) is 9.71. The Morgan fingerprint density at radius 2 is 2.19 bits per heavy atom. The van der Waals surface area contributed by atoms with Gasteiger partial charge in [-0.2, -0.15) is 5.26 Å². The zero-order valence-corrected chi connectivity index (χ0v) is 11.6. The van der Waals surface area contributed by atoms with Gasteiger partial charge in [0, 0.05) is 24.9 Å². The molecule has 2 N–H and O–H groups in total. The Morgan fingerprint density at radius 1 is 1.33 bits per heavy atom. The predicted octanol–water partition coefficient (Wildman–Crippen LogP) is 2.10. The Bertz CT molecular complexity index is 678. The molecule has 1 amide bonds. The first-order chi connectivity index (χ1) is 10.2. The number of carbonyl (C=O) groups excluding carboxylic acids is 1. The van der Waals surface area contributed by atoms with Crippen LogP contribution in [0.15, 0.2) is 36.5 Å². The lowest BCUT2D eigenvalue weighted by Gasteiger charge is -2.07. The van der Waals surface area contributed by atoms with Gasteiger partial charge in [-0.1, -0.05) is 6.07 Å². The molecule has 6 heteroatoms. The molecule has 2 rings (SSSR count). The molecule has 0 aliphatic carbocycles. The first-order valence-electron chi connectivity index (χ1n) is 6.51. The van der Waals surface area contributed by atoms with Crippen molar-refractivity contribution < 1.29 is 4.79 Å². The van der Waals surface area contributed by atoms with E-state index in [1.807, 2.05) is 25.1 Å². The molecular weight excluding hydrogens is 266 g/mol. The van der Waals surface area contributed by atoms with Gasteiger partial charge in [-0.25, -0.2) is 9.97 Å². The number of hydrogen-bond donors (Lipinski definition) is 2. The number of aryl methyl sites for hydroxylation is 1. The molecule has 0 spiro atoms. The topological polar surface area (TPSA) is 90.7 Å². The smallest absolute Gasteiger partial charge is 0.227 e. The van der Waals surface area contributed by atoms with E-state index >= 15 is 0 Å². The summed E-state index contributed by atoms with van der Waals surface area (Å²) in [6.07, 6.45) is 1.86. The van der Waals surface area contributed by atoms with Crippen LogP contribution in [0.3, 0.4) is 0 Å². The Balaban J connectivity index is 1.83. The van der Waals surface area contributed by atoms with Crippen molar-refractivity contribution in [2.75, 3.05) is 17.2 Å². The number of nitriles is 1. The third-order valence-corrected chi connectivity index (χ3v) is 2.73. The van der Waals surface area contributed by atoms with Crippen molar-refractivity contribution in [3.63, 3.8) is 0 Å². The molecule has 0 unspecified atom stereocenters. The fourth-order valence-corrected chi connectivity index (χ4v) is 1.75. The molecule has 2 aromatic rings. The number of nitrogens with one attached hydrogen (secondary N) is 2. The first-order valence-corrected chi connectivity index (χ1v) is 6.51. The highest BCUT2D eigenvalue weighted by Gasteiger charge is 2.05. The van der Waals surface area contributed by atoms with E-state index in [-0.39, 0.29) is 12.3 Å². The first kappa shape index (κ1) is 14.5. The maximum atomic E-state index is 11.8. The zero-order chi connectivity index (χ0) is 15.1. The number of hydrogen-bond acceptors (Lipinski definition) is 5. The average Bonchev–Trinajstić information content (AvgIpc) is 2.47. The molecule has 0 aliphatic heterocycles. The van der Waals surface area contributed by atoms with Crippen molar-refractivity contribution in [2.24, 2.45) is 0 Å². The Labute approximate surface area is 122 Å². The van der Waals surface area contributed by atoms with Gasteiger partial charge in [0.1, 0.15) is 17.7 Å². The third-order valence-electron chi connectivity index (χ3n) is 2.73. The lowest BCUT2D eigenvalue weighted by molar-refractivity contribution is -0.116. The van der Waals surface area contributed by atoms with Crippen LogP contribution < -0.4 is 10.6 Å². The minimum absolute atomic E-state index is 0.143. The van der Waals surface area contributed by atoms with Crippen molar-refractivity contribution >= 4 is 17.5 Å². The number of nitrogens with zero attached hydrogens (tertiary/aromatic N) is 3. The molecule has 0 aromatic carbocycles. The predicted molar refractivity (Wildman–Crippen MR) is 79.7 cm³/mol. The second kappa shape index (κ2) is 7.01. The van der Waals surface area contributed by atoms with Crippen LogP contribution >= 0.6 is 0 Å². The van der Waals surface area contributed by atoms with Crippen LogP contribution in [0, 0.1) is 18.3 Å². The molecule has 0 bridgehead atoms. The number of aromatic nitrogens is 2. The van der Waals surface area contributed by atoms with Crippen LogP contribution in [0.4, 0.5) is 11.6 Å². The molecule has 0 radical (unpaired) electrons. The second-order valence-corrected chi connectivity index (χ2v) is 4.40. The minimum Gasteiger partial charge on any atom is -0.368 e. The molecule has 0 saturated carbocycles. The largest absolute Gasteiger partial charge is 0.368 e. The summed E-state index contributed by atoms with van der Waals surface area (Å²) in [5.41, 5.74) is 1.30. The third kappa shape index (κ3) is 4.28. The Kier molecular flexibility index (Phi) is 4.83. The SMILES string of the molecule is Cc1cccc(NC(=O)CCNc2ncccc2C#N)n1. The summed E-state index contributed by atoms with van der Waals surface area (Å²) in [4.78, 5) is 20.1. The number of pyridine rings is 2. The second-order valence-electron chi connectivity index (χ2n) is 4.40. The van der Waals surface area contributed by atoms with E-state index in [1.54, 1.807) is 24.4 Å². The van der Waals surface area contributed by atoms with Crippen LogP contribution in [0.1, 0.15) is 17.7 Å². The molecule has 0 atom stereocenters. The van der Waals surface area contributed by atoms with Crippen molar-refractivity contribution in [1.82, 2.24) is 9.97 Å². The molecule has 6 nitrogen and oxygen atoms in total. The van der Waals surface area contributed by atoms with Gasteiger partial charge in [0.25, 0.3) is 0 Å². The molecule has 0 fully saturated rings. The summed E-state index contributed by atoms with van der Waals surface area (Å²) in [5.74, 6) is 0.882. The maximum Gasteiger partial charge on any atom is 0.227 e. The van der Waals surface area contributed by atoms with E-state index < -0.39 is 0 Å². The summed E-state index contributed by atoms with van der Waals surface area (Å²) < 4.78 is 0. The molecule has 0 saturated heterocycles. The van der Waals surface area contributed by atoms with Gasteiger partial charge in [0.2, 0.25) is 5.91 Å². The van der Waals surface area contributed by atoms with Crippen molar-refractivity contribution in [3.05, 3.63) is 47.8 Å². The molecule has 21 heavy (non-hydrogen) atoms. The molecule has 2 aromatic heterocycles. The van der Waals surface area contributed by atoms with Crippen molar-refractivity contribution in [1.29, 1.82) is 5.26 Å². The van der Waals surface area contributed by atoms with Crippen LogP contribution in [-0.4, -0.2) is 22.4 Å². The van der Waals surface area contributed by atoms with Gasteiger partial charge in [-0.3, -0.25) is 4.79 Å². The Morgan fingerprint density at radius 3 is 2.95 bits per heavy atom. The Hall–Kier alpha value is -2.94. The number of rotatable bonds is 5. The maximum absolute atomic E-state index is 11.8. The summed E-state index contributed by atoms with van der Waals surface area (Å²) in [7, 11) is 0. The molecular formula is C15H15N5O. The van der Waals surface area contributed by atoms with Gasteiger partial charge >= 0.3 is 0 Å². The molecule has 0 aliphatic rings. The summed E-state index contributed by atoms with van der Waals surface area (Å²) in [5, 5.41) is 14.6. The van der Waals surface area contributed by atoms with Gasteiger partial charge in [0.15, 0.2) is 0 Å². The highest BCUT2D eigenvalue weighted by Crippen LogP contribution is 2.09. The quantitative estimate of drug-likeness (QED) is 0.875. The summed E-state index contributed by atoms with van der Waals surface area (Å²) in [6.45, 7) is 2.26. The summed E-state index contributed by atoms with van der Waals surface area (Å²) in [6, 6.07) is 10.9. The highest BCUT2D eigenvalue weighted by atomic mass is 16.1. The zero-order valence-electron chi connectivity index (χ0n) is 11.6. The van der Waals surface area contributed by atoms with E-state index in [9.17, 15) is 4.79 Å². The number of carbonyl (C=O) groups is 1. The van der Waals surface area contributed by atoms with Gasteiger partial charge < -0.3 is 10.6 Å². The minimum atomic E-state index is -0.143. The van der Waals surface area contributed by atoms with E-state index in [0.29, 0.717) is 23.7 Å². The lowest BCUT2D eigenvalue weighted by atomic mass is 10.3. The van der Waals surface area contributed by atoms with E-state index in [0.717, 1.165) is 5.69 Å². The van der Waals surface area contributed by atoms with Crippen LogP contribution in [-0.2, 0) is 4.79 Å². The number of anilines is 2. The fraction of sp³-hybridized carbons (Fsp3) is 0.200. The monoisotopic (exact) mass is 281 g/mol. The molecule has 106 valence electrons.